The fourth-order valence-electron chi connectivity index (χ4n) is 7.07. The van der Waals surface area contributed by atoms with Crippen LogP contribution in [0.1, 0.15) is 0 Å². The second-order valence-electron chi connectivity index (χ2n) is 11.7. The number of para-hydroxylation sites is 3. The summed E-state index contributed by atoms with van der Waals surface area (Å²) >= 11 is 0. The molecule has 9 rings (SSSR count). The van der Waals surface area contributed by atoms with Crippen LogP contribution in [0.3, 0.4) is 0 Å². The molecule has 0 aliphatic carbocycles. The topological polar surface area (TPSA) is 25.2 Å². The number of anilines is 3. The highest BCUT2D eigenvalue weighted by molar-refractivity contribution is 7.85. The molecule has 46 heavy (non-hydrogen) atoms. The monoisotopic (exact) mass is 608 g/mol. The van der Waals surface area contributed by atoms with Crippen LogP contribution < -0.4 is 20.8 Å². The molecular weight excluding hydrogens is 579 g/mol. The van der Waals surface area contributed by atoms with Crippen LogP contribution in [0.5, 0.6) is 0 Å². The van der Waals surface area contributed by atoms with Crippen molar-refractivity contribution < 1.29 is 4.57 Å². The van der Waals surface area contributed by atoms with Crippen LogP contribution in [0, 0.1) is 0 Å². The van der Waals surface area contributed by atoms with Gasteiger partial charge in [-0.15, -0.1) is 0 Å². The van der Waals surface area contributed by atoms with E-state index in [1.165, 1.54) is 21.8 Å². The predicted octanol–water partition coefficient (Wildman–Crippen LogP) is 9.87. The minimum atomic E-state index is -3.05. The first kappa shape index (κ1) is 26.7. The maximum absolute atomic E-state index is 14.9. The Bertz CT molecular complexity index is 2390. The van der Waals surface area contributed by atoms with Crippen molar-refractivity contribution in [3.8, 4) is 16.8 Å². The van der Waals surface area contributed by atoms with E-state index >= 15 is 0 Å². The number of rotatable bonds is 5. The molecule has 0 unspecified atom stereocenters. The maximum atomic E-state index is 14.9. The van der Waals surface area contributed by atoms with Gasteiger partial charge in [-0.05, 0) is 47.5 Å². The zero-order chi connectivity index (χ0) is 30.7. The summed E-state index contributed by atoms with van der Waals surface area (Å²) in [6.07, 6.45) is 0. The van der Waals surface area contributed by atoms with Crippen molar-refractivity contribution in [3.63, 3.8) is 0 Å². The van der Waals surface area contributed by atoms with Crippen molar-refractivity contribution in [3.05, 3.63) is 176 Å². The molecule has 0 saturated heterocycles. The minimum absolute atomic E-state index is 0.827. The molecule has 2 heterocycles. The maximum Gasteiger partial charge on any atom is 0.171 e. The van der Waals surface area contributed by atoms with Gasteiger partial charge in [-0.1, -0.05) is 140 Å². The van der Waals surface area contributed by atoms with Crippen LogP contribution in [0.25, 0.3) is 38.6 Å². The Morgan fingerprint density at radius 1 is 0.413 bits per heavy atom. The molecule has 1 aromatic heterocycles. The van der Waals surface area contributed by atoms with Gasteiger partial charge in [-0.25, -0.2) is 0 Å². The molecule has 0 bridgehead atoms. The number of benzene rings is 7. The van der Waals surface area contributed by atoms with Crippen LogP contribution in [0.15, 0.2) is 176 Å². The Balaban J connectivity index is 1.22. The molecule has 3 nitrogen and oxygen atoms in total. The van der Waals surface area contributed by atoms with E-state index < -0.39 is 7.14 Å². The van der Waals surface area contributed by atoms with E-state index in [1.807, 2.05) is 72.8 Å². The first-order valence-corrected chi connectivity index (χ1v) is 17.3. The first-order valence-electron chi connectivity index (χ1n) is 15.6. The normalized spacial score (nSPS) is 12.4. The molecule has 8 aromatic rings. The van der Waals surface area contributed by atoms with Crippen molar-refractivity contribution in [2.45, 2.75) is 0 Å². The van der Waals surface area contributed by atoms with Crippen LogP contribution in [-0.4, -0.2) is 4.57 Å². The molecule has 0 fully saturated rings. The Labute approximate surface area is 268 Å². The molecule has 0 atom stereocenters. The van der Waals surface area contributed by atoms with Crippen LogP contribution in [0.4, 0.5) is 17.1 Å². The summed E-state index contributed by atoms with van der Waals surface area (Å²) < 4.78 is 17.4. The van der Waals surface area contributed by atoms with E-state index in [1.54, 1.807) is 0 Å². The fourth-order valence-corrected chi connectivity index (χ4v) is 9.72. The average Bonchev–Trinajstić information content (AvgIpc) is 3.48. The third kappa shape index (κ3) is 3.96. The van der Waals surface area contributed by atoms with E-state index in [0.717, 1.165) is 49.8 Å². The molecule has 1 aliphatic rings. The van der Waals surface area contributed by atoms with Gasteiger partial charge >= 0.3 is 0 Å². The molecule has 0 spiro atoms. The molecular formula is C42H29N2OP. The summed E-state index contributed by atoms with van der Waals surface area (Å²) in [6, 6.07) is 60.6. The van der Waals surface area contributed by atoms with Crippen molar-refractivity contribution in [1.82, 2.24) is 4.57 Å². The minimum Gasteiger partial charge on any atom is -0.309 e. The number of hydrogen-bond acceptors (Lipinski definition) is 2. The Hall–Kier alpha value is -5.63. The summed E-state index contributed by atoms with van der Waals surface area (Å²) in [7, 11) is -3.05. The number of nitrogens with zero attached hydrogens (tertiary/aromatic N) is 2. The molecule has 0 N–H and O–H groups in total. The van der Waals surface area contributed by atoms with Crippen molar-refractivity contribution in [2.75, 3.05) is 4.90 Å². The summed E-state index contributed by atoms with van der Waals surface area (Å²) in [5.74, 6) is 0. The van der Waals surface area contributed by atoms with E-state index in [2.05, 4.69) is 113 Å². The smallest absolute Gasteiger partial charge is 0.171 e. The Morgan fingerprint density at radius 2 is 0.978 bits per heavy atom. The Kier molecular flexibility index (Phi) is 6.09. The fraction of sp³-hybridized carbons (Fsp3) is 0. The third-order valence-electron chi connectivity index (χ3n) is 9.19. The summed E-state index contributed by atoms with van der Waals surface area (Å²) in [5, 5.41) is 5.00. The van der Waals surface area contributed by atoms with Gasteiger partial charge in [0.05, 0.1) is 28.1 Å². The highest BCUT2D eigenvalue weighted by Gasteiger charge is 2.31. The molecule has 218 valence electrons. The molecule has 4 heteroatoms. The highest BCUT2D eigenvalue weighted by Crippen LogP contribution is 2.50. The average molecular weight is 609 g/mol. The van der Waals surface area contributed by atoms with Gasteiger partial charge in [0, 0.05) is 32.4 Å². The summed E-state index contributed by atoms with van der Waals surface area (Å²) in [4.78, 5) is 2.38. The highest BCUT2D eigenvalue weighted by atomic mass is 31.2. The molecule has 0 saturated carbocycles. The lowest BCUT2D eigenvalue weighted by Crippen LogP contribution is -2.24. The molecule has 1 aliphatic heterocycles. The first-order chi connectivity index (χ1) is 22.7. The lowest BCUT2D eigenvalue weighted by Gasteiger charge is -2.33. The van der Waals surface area contributed by atoms with Crippen molar-refractivity contribution in [2.24, 2.45) is 0 Å². The number of fused-ring (bicyclic) bond motifs is 5. The van der Waals surface area contributed by atoms with Crippen molar-refractivity contribution in [1.29, 1.82) is 0 Å². The molecule has 0 amide bonds. The van der Waals surface area contributed by atoms with E-state index in [4.69, 9.17) is 0 Å². The number of hydrogen-bond donors (Lipinski definition) is 0. The van der Waals surface area contributed by atoms with Crippen LogP contribution in [-0.2, 0) is 4.57 Å². The van der Waals surface area contributed by atoms with Gasteiger partial charge in [0.15, 0.2) is 7.14 Å². The molecule has 0 radical (unpaired) electrons. The quantitative estimate of drug-likeness (QED) is 0.182. The predicted molar refractivity (Wildman–Crippen MR) is 194 cm³/mol. The number of aromatic nitrogens is 1. The van der Waals surface area contributed by atoms with Crippen LogP contribution >= 0.6 is 7.14 Å². The second-order valence-corrected chi connectivity index (χ2v) is 14.5. The van der Waals surface area contributed by atoms with Gasteiger partial charge in [-0.2, -0.15) is 0 Å². The Morgan fingerprint density at radius 3 is 1.67 bits per heavy atom. The summed E-state index contributed by atoms with van der Waals surface area (Å²) in [6.45, 7) is 0. The van der Waals surface area contributed by atoms with E-state index in [9.17, 15) is 4.57 Å². The molecule has 7 aromatic carbocycles. The lowest BCUT2D eigenvalue weighted by atomic mass is 10.0. The van der Waals surface area contributed by atoms with Gasteiger partial charge in [0.2, 0.25) is 0 Å². The third-order valence-corrected chi connectivity index (χ3v) is 12.3. The standard InChI is InChI=1S/C42H29N2OP/c45-46(33-15-6-2-7-16-33,34-17-8-3-9-18-34)35-26-23-30(24-27-35)31-25-28-39-41(29-31)43(32-13-4-1-5-14-32)40-22-12-20-37-36-19-10-11-21-38(36)44(39)42(37)40/h1-29H. The second kappa shape index (κ2) is 10.5. The summed E-state index contributed by atoms with van der Waals surface area (Å²) in [5.41, 5.74) is 9.14. The van der Waals surface area contributed by atoms with Crippen molar-refractivity contribution >= 4 is 61.9 Å². The van der Waals surface area contributed by atoms with Gasteiger partial charge in [0.1, 0.15) is 0 Å². The zero-order valence-corrected chi connectivity index (χ0v) is 25.9. The van der Waals surface area contributed by atoms with Gasteiger partial charge in [-0.3, -0.25) is 0 Å². The largest absolute Gasteiger partial charge is 0.309 e. The van der Waals surface area contributed by atoms with Gasteiger partial charge < -0.3 is 14.0 Å². The SMILES string of the molecule is O=P(c1ccccc1)(c1ccccc1)c1ccc(-c2ccc3c(c2)N(c2ccccc2)c2cccc4c5ccccc5n-3c24)cc1. The van der Waals surface area contributed by atoms with E-state index in [-0.39, 0.29) is 0 Å². The zero-order valence-electron chi connectivity index (χ0n) is 25.0. The lowest BCUT2D eigenvalue weighted by molar-refractivity contribution is 0.592. The van der Waals surface area contributed by atoms with Crippen LogP contribution in [0.2, 0.25) is 0 Å². The van der Waals surface area contributed by atoms with Gasteiger partial charge in [0.25, 0.3) is 0 Å². The van der Waals surface area contributed by atoms with E-state index in [0.29, 0.717) is 0 Å².